The Kier molecular flexibility index (Phi) is 3.67. The van der Waals surface area contributed by atoms with Crippen molar-refractivity contribution in [2.45, 2.75) is 6.92 Å². The molecule has 0 bridgehead atoms. The first kappa shape index (κ1) is 14.2. The first-order valence-electron chi connectivity index (χ1n) is 8.11. The molecule has 1 aromatic heterocycles. The predicted molar refractivity (Wildman–Crippen MR) is 94.8 cm³/mol. The lowest BCUT2D eigenvalue weighted by Crippen LogP contribution is -2.44. The Morgan fingerprint density at radius 3 is 2.48 bits per heavy atom. The molecule has 1 saturated heterocycles. The molecule has 1 aliphatic rings. The first-order chi connectivity index (χ1) is 11.3. The van der Waals surface area contributed by atoms with Crippen LogP contribution in [0.2, 0.25) is 0 Å². The third kappa shape index (κ3) is 2.66. The van der Waals surface area contributed by atoms with Crippen LogP contribution in [-0.2, 0) is 0 Å². The van der Waals surface area contributed by atoms with E-state index in [0.717, 1.165) is 54.3 Å². The molecule has 4 rings (SSSR count). The van der Waals surface area contributed by atoms with Crippen LogP contribution < -0.4 is 10.2 Å². The van der Waals surface area contributed by atoms with E-state index in [4.69, 9.17) is 9.97 Å². The van der Waals surface area contributed by atoms with E-state index in [1.54, 1.807) is 0 Å². The van der Waals surface area contributed by atoms with Crippen LogP contribution in [0.25, 0.3) is 22.2 Å². The zero-order chi connectivity index (χ0) is 15.6. The van der Waals surface area contributed by atoms with Gasteiger partial charge in [-0.15, -0.1) is 0 Å². The Morgan fingerprint density at radius 2 is 1.70 bits per heavy atom. The van der Waals surface area contributed by atoms with E-state index in [2.05, 4.69) is 59.6 Å². The van der Waals surface area contributed by atoms with Crippen molar-refractivity contribution in [1.82, 2.24) is 15.3 Å². The lowest BCUT2D eigenvalue weighted by Gasteiger charge is -2.28. The Balaban J connectivity index is 1.94. The molecule has 3 aromatic rings. The standard InChI is InChI=1S/C19H20N4/c1-14-6-5-9-16-17(14)18(15-7-3-2-4-8-15)22-19(21-16)23-12-10-20-11-13-23/h2-9,20H,10-13H2,1H3. The second-order valence-electron chi connectivity index (χ2n) is 5.94. The van der Waals surface area contributed by atoms with Gasteiger partial charge in [-0.1, -0.05) is 42.5 Å². The molecule has 1 fully saturated rings. The number of nitrogens with zero attached hydrogens (tertiary/aromatic N) is 3. The fraction of sp³-hybridized carbons (Fsp3) is 0.263. The van der Waals surface area contributed by atoms with Crippen LogP contribution in [0.5, 0.6) is 0 Å². The monoisotopic (exact) mass is 304 g/mol. The zero-order valence-electron chi connectivity index (χ0n) is 13.3. The number of benzene rings is 2. The molecular formula is C19H20N4. The average molecular weight is 304 g/mol. The molecular weight excluding hydrogens is 284 g/mol. The number of rotatable bonds is 2. The lowest BCUT2D eigenvalue weighted by atomic mass is 10.0. The molecule has 0 aliphatic carbocycles. The van der Waals surface area contributed by atoms with Crippen molar-refractivity contribution in [2.24, 2.45) is 0 Å². The van der Waals surface area contributed by atoms with Gasteiger partial charge >= 0.3 is 0 Å². The average Bonchev–Trinajstić information content (AvgIpc) is 2.62. The summed E-state index contributed by atoms with van der Waals surface area (Å²) in [5.74, 6) is 0.837. The van der Waals surface area contributed by atoms with Gasteiger partial charge in [0.05, 0.1) is 11.2 Å². The summed E-state index contributed by atoms with van der Waals surface area (Å²) in [6.45, 7) is 5.99. The third-order valence-electron chi connectivity index (χ3n) is 4.37. The normalized spacial score (nSPS) is 15.1. The summed E-state index contributed by atoms with van der Waals surface area (Å²) >= 11 is 0. The molecule has 0 spiro atoms. The van der Waals surface area contributed by atoms with E-state index in [-0.39, 0.29) is 0 Å². The minimum atomic E-state index is 0.837. The quantitative estimate of drug-likeness (QED) is 0.790. The van der Waals surface area contributed by atoms with E-state index >= 15 is 0 Å². The number of aromatic nitrogens is 2. The van der Waals surface area contributed by atoms with Crippen LogP contribution in [0.4, 0.5) is 5.95 Å². The molecule has 1 aliphatic heterocycles. The van der Waals surface area contributed by atoms with Gasteiger partial charge in [0.1, 0.15) is 0 Å². The summed E-state index contributed by atoms with van der Waals surface area (Å²) in [6, 6.07) is 16.7. The summed E-state index contributed by atoms with van der Waals surface area (Å²) in [5.41, 5.74) is 4.41. The Morgan fingerprint density at radius 1 is 0.913 bits per heavy atom. The second kappa shape index (κ2) is 5.97. The zero-order valence-corrected chi connectivity index (χ0v) is 13.3. The fourth-order valence-electron chi connectivity index (χ4n) is 3.15. The van der Waals surface area contributed by atoms with Crippen molar-refractivity contribution >= 4 is 16.9 Å². The fourth-order valence-corrected chi connectivity index (χ4v) is 3.15. The summed E-state index contributed by atoms with van der Waals surface area (Å²) < 4.78 is 0. The second-order valence-corrected chi connectivity index (χ2v) is 5.94. The van der Waals surface area contributed by atoms with E-state index < -0.39 is 0 Å². The maximum atomic E-state index is 4.94. The maximum absolute atomic E-state index is 4.94. The molecule has 2 heterocycles. The van der Waals surface area contributed by atoms with E-state index in [9.17, 15) is 0 Å². The number of piperazine rings is 1. The minimum Gasteiger partial charge on any atom is -0.338 e. The number of hydrogen-bond donors (Lipinski definition) is 1. The molecule has 0 atom stereocenters. The van der Waals surface area contributed by atoms with Crippen LogP contribution in [0.1, 0.15) is 5.56 Å². The van der Waals surface area contributed by atoms with Crippen LogP contribution in [-0.4, -0.2) is 36.1 Å². The highest BCUT2D eigenvalue weighted by atomic mass is 15.3. The van der Waals surface area contributed by atoms with Gasteiger partial charge in [0, 0.05) is 37.1 Å². The number of aryl methyl sites for hydroxylation is 1. The summed E-state index contributed by atoms with van der Waals surface area (Å²) in [6.07, 6.45) is 0. The Labute approximate surface area is 136 Å². The first-order valence-corrected chi connectivity index (χ1v) is 8.11. The summed E-state index contributed by atoms with van der Waals surface area (Å²) in [7, 11) is 0. The molecule has 0 saturated carbocycles. The molecule has 1 N–H and O–H groups in total. The molecule has 4 heteroatoms. The highest BCUT2D eigenvalue weighted by Gasteiger charge is 2.17. The van der Waals surface area contributed by atoms with Crippen molar-refractivity contribution in [3.05, 3.63) is 54.1 Å². The molecule has 116 valence electrons. The van der Waals surface area contributed by atoms with Gasteiger partial charge in [0.25, 0.3) is 0 Å². The van der Waals surface area contributed by atoms with Gasteiger partial charge < -0.3 is 10.2 Å². The molecule has 0 radical (unpaired) electrons. The molecule has 23 heavy (non-hydrogen) atoms. The highest BCUT2D eigenvalue weighted by Crippen LogP contribution is 2.30. The molecule has 0 unspecified atom stereocenters. The molecule has 4 nitrogen and oxygen atoms in total. The largest absolute Gasteiger partial charge is 0.338 e. The van der Waals surface area contributed by atoms with Gasteiger partial charge in [0.2, 0.25) is 5.95 Å². The van der Waals surface area contributed by atoms with Crippen molar-refractivity contribution in [2.75, 3.05) is 31.1 Å². The summed E-state index contributed by atoms with van der Waals surface area (Å²) in [4.78, 5) is 12.0. The van der Waals surface area contributed by atoms with Crippen molar-refractivity contribution in [3.8, 4) is 11.3 Å². The van der Waals surface area contributed by atoms with Crippen LogP contribution in [0.15, 0.2) is 48.5 Å². The smallest absolute Gasteiger partial charge is 0.226 e. The third-order valence-corrected chi connectivity index (χ3v) is 4.37. The SMILES string of the molecule is Cc1cccc2nc(N3CCNCC3)nc(-c3ccccc3)c12. The van der Waals surface area contributed by atoms with Crippen molar-refractivity contribution in [3.63, 3.8) is 0 Å². The van der Waals surface area contributed by atoms with Crippen LogP contribution in [0, 0.1) is 6.92 Å². The van der Waals surface area contributed by atoms with Gasteiger partial charge in [-0.2, -0.15) is 0 Å². The van der Waals surface area contributed by atoms with Gasteiger partial charge in [-0.3, -0.25) is 0 Å². The summed E-state index contributed by atoms with van der Waals surface area (Å²) in [5, 5.41) is 4.53. The topological polar surface area (TPSA) is 41.1 Å². The minimum absolute atomic E-state index is 0.837. The van der Waals surface area contributed by atoms with Gasteiger partial charge in [-0.25, -0.2) is 9.97 Å². The number of nitrogens with one attached hydrogen (secondary N) is 1. The van der Waals surface area contributed by atoms with E-state index in [0.29, 0.717) is 0 Å². The van der Waals surface area contributed by atoms with E-state index in [1.807, 2.05) is 6.07 Å². The van der Waals surface area contributed by atoms with Crippen molar-refractivity contribution in [1.29, 1.82) is 0 Å². The van der Waals surface area contributed by atoms with Crippen LogP contribution >= 0.6 is 0 Å². The lowest BCUT2D eigenvalue weighted by molar-refractivity contribution is 0.581. The predicted octanol–water partition coefficient (Wildman–Crippen LogP) is 3.01. The Hall–Kier alpha value is -2.46. The van der Waals surface area contributed by atoms with Gasteiger partial charge in [0.15, 0.2) is 0 Å². The Bertz CT molecular complexity index is 823. The van der Waals surface area contributed by atoms with Crippen LogP contribution in [0.3, 0.4) is 0 Å². The molecule has 2 aromatic carbocycles. The highest BCUT2D eigenvalue weighted by molar-refractivity contribution is 5.95. The maximum Gasteiger partial charge on any atom is 0.226 e. The van der Waals surface area contributed by atoms with E-state index in [1.165, 1.54) is 5.56 Å². The number of hydrogen-bond acceptors (Lipinski definition) is 4. The van der Waals surface area contributed by atoms with Crippen molar-refractivity contribution < 1.29 is 0 Å². The van der Waals surface area contributed by atoms with Gasteiger partial charge in [-0.05, 0) is 18.6 Å². The number of anilines is 1. The molecule has 0 amide bonds. The number of fused-ring (bicyclic) bond motifs is 1.